The minimum Gasteiger partial charge on any atom is -0.454 e. The van der Waals surface area contributed by atoms with E-state index in [4.69, 9.17) is 18.9 Å². The molecule has 0 fully saturated rings. The molecule has 9 nitrogen and oxygen atoms in total. The summed E-state index contributed by atoms with van der Waals surface area (Å²) in [6.45, 7) is 0.145. The number of benzene rings is 2. The first-order chi connectivity index (χ1) is 16.3. The first kappa shape index (κ1) is 20.5. The van der Waals surface area contributed by atoms with Crippen LogP contribution in [0.1, 0.15) is 34.6 Å². The maximum Gasteiger partial charge on any atom is 0.410 e. The van der Waals surface area contributed by atoms with E-state index in [0.717, 1.165) is 4.68 Å². The molecule has 3 aliphatic rings. The largest absolute Gasteiger partial charge is 0.454 e. The Balaban J connectivity index is 1.28. The lowest BCUT2D eigenvalue weighted by Crippen LogP contribution is -2.35. The van der Waals surface area contributed by atoms with Gasteiger partial charge in [-0.3, -0.25) is 4.79 Å². The molecule has 0 aliphatic carbocycles. The predicted octanol–water partition coefficient (Wildman–Crippen LogP) is 4.25. The molecule has 1 aromatic heterocycles. The summed E-state index contributed by atoms with van der Waals surface area (Å²) in [5.74, 6) is 1.47. The zero-order valence-electron chi connectivity index (χ0n) is 17.4. The van der Waals surface area contributed by atoms with Crippen LogP contribution in [0, 0.1) is 0 Å². The zero-order chi connectivity index (χ0) is 23.4. The Hall–Kier alpha value is -4.09. The highest BCUT2D eigenvalue weighted by molar-refractivity contribution is 6.03. The third kappa shape index (κ3) is 3.51. The lowest BCUT2D eigenvalue weighted by atomic mass is 9.96. The highest BCUT2D eigenvalue weighted by Gasteiger charge is 2.47. The van der Waals surface area contributed by atoms with Crippen molar-refractivity contribution in [3.05, 3.63) is 53.7 Å². The fourth-order valence-corrected chi connectivity index (χ4v) is 4.20. The number of hydrogen-bond acceptors (Lipinski definition) is 7. The van der Waals surface area contributed by atoms with Crippen molar-refractivity contribution in [2.24, 2.45) is 0 Å². The standard InChI is InChI=1S/C22H17F3N4O5/c23-22(24,25)19-7-13(11-1-3-15-17(5-11)33-9-31-15)27-20-8-14(28-29(19)20)21(30)26-12-2-4-16-18(6-12)34-10-32-16/h1-6,8,13,19,27H,7,9-10H2,(H,26,30)/t13-,19+/m0/s1. The molecule has 1 amide bonds. The number of carbonyl (C=O) groups excluding carboxylic acids is 1. The Bertz CT molecular complexity index is 1290. The van der Waals surface area contributed by atoms with E-state index in [1.165, 1.54) is 6.07 Å². The Labute approximate surface area is 190 Å². The van der Waals surface area contributed by atoms with E-state index < -0.39 is 24.2 Å². The molecule has 12 heteroatoms. The normalized spacial score (nSPS) is 20.0. The van der Waals surface area contributed by atoms with Gasteiger partial charge in [-0.05, 0) is 29.8 Å². The van der Waals surface area contributed by atoms with Gasteiger partial charge in [-0.2, -0.15) is 18.3 Å². The first-order valence-corrected chi connectivity index (χ1v) is 10.4. The quantitative estimate of drug-likeness (QED) is 0.586. The predicted molar refractivity (Wildman–Crippen MR) is 111 cm³/mol. The van der Waals surface area contributed by atoms with Crippen LogP contribution in [0.25, 0.3) is 0 Å². The monoisotopic (exact) mass is 474 g/mol. The molecule has 2 atom stereocenters. The van der Waals surface area contributed by atoms with Gasteiger partial charge >= 0.3 is 6.18 Å². The van der Waals surface area contributed by atoms with Gasteiger partial charge in [0, 0.05) is 24.2 Å². The van der Waals surface area contributed by atoms with Crippen LogP contribution in [-0.2, 0) is 0 Å². The van der Waals surface area contributed by atoms with Crippen LogP contribution in [0.15, 0.2) is 42.5 Å². The molecule has 0 saturated carbocycles. The van der Waals surface area contributed by atoms with Gasteiger partial charge < -0.3 is 29.6 Å². The molecule has 6 rings (SSSR count). The van der Waals surface area contributed by atoms with E-state index in [1.54, 1.807) is 36.4 Å². The van der Waals surface area contributed by atoms with Crippen LogP contribution in [0.5, 0.6) is 23.0 Å². The molecule has 3 aromatic rings. The molecule has 2 aromatic carbocycles. The molecule has 0 saturated heterocycles. The van der Waals surface area contributed by atoms with Gasteiger partial charge in [0.1, 0.15) is 5.82 Å². The molecule has 0 spiro atoms. The second-order valence-electron chi connectivity index (χ2n) is 7.98. The summed E-state index contributed by atoms with van der Waals surface area (Å²) in [5.41, 5.74) is 0.858. The van der Waals surface area contributed by atoms with Crippen LogP contribution in [-0.4, -0.2) is 35.4 Å². The average molecular weight is 474 g/mol. The summed E-state index contributed by atoms with van der Waals surface area (Å²) in [5, 5.41) is 9.67. The molecule has 4 heterocycles. The van der Waals surface area contributed by atoms with Gasteiger partial charge in [-0.15, -0.1) is 0 Å². The SMILES string of the molecule is O=C(Nc1ccc2c(c1)OCO2)c1cc2n(n1)[C@@H](C(F)(F)F)C[C@@H](c1ccc3c(c1)OCO3)N2. The van der Waals surface area contributed by atoms with E-state index in [9.17, 15) is 18.0 Å². The number of alkyl halides is 3. The maximum atomic E-state index is 14.0. The van der Waals surface area contributed by atoms with Gasteiger partial charge in [0.2, 0.25) is 13.6 Å². The zero-order valence-corrected chi connectivity index (χ0v) is 17.4. The summed E-state index contributed by atoms with van der Waals surface area (Å²) < 4.78 is 63.8. The molecule has 0 radical (unpaired) electrons. The second kappa shape index (κ2) is 7.47. The van der Waals surface area contributed by atoms with E-state index in [0.29, 0.717) is 34.2 Å². The van der Waals surface area contributed by atoms with Crippen molar-refractivity contribution in [3.8, 4) is 23.0 Å². The third-order valence-corrected chi connectivity index (χ3v) is 5.85. The molecule has 2 N–H and O–H groups in total. The van der Waals surface area contributed by atoms with Crippen molar-refractivity contribution < 1.29 is 36.9 Å². The number of halogens is 3. The number of amides is 1. The van der Waals surface area contributed by atoms with E-state index in [1.807, 2.05) is 0 Å². The molecule has 176 valence electrons. The molecule has 3 aliphatic heterocycles. The van der Waals surface area contributed by atoms with E-state index in [2.05, 4.69) is 15.7 Å². The smallest absolute Gasteiger partial charge is 0.410 e. The number of carbonyl (C=O) groups is 1. The Kier molecular flexibility index (Phi) is 4.51. The molecule has 0 bridgehead atoms. The minimum atomic E-state index is -4.57. The van der Waals surface area contributed by atoms with Crippen molar-refractivity contribution in [1.82, 2.24) is 9.78 Å². The van der Waals surface area contributed by atoms with Crippen molar-refractivity contribution in [2.45, 2.75) is 24.7 Å². The fourth-order valence-electron chi connectivity index (χ4n) is 4.20. The van der Waals surface area contributed by atoms with Crippen molar-refractivity contribution >= 4 is 17.4 Å². The van der Waals surface area contributed by atoms with Gasteiger partial charge in [0.25, 0.3) is 5.91 Å². The van der Waals surface area contributed by atoms with Crippen LogP contribution in [0.3, 0.4) is 0 Å². The van der Waals surface area contributed by atoms with Crippen LogP contribution in [0.2, 0.25) is 0 Å². The lowest BCUT2D eigenvalue weighted by Gasteiger charge is -2.33. The summed E-state index contributed by atoms with van der Waals surface area (Å²) in [6.07, 6.45) is -4.87. The van der Waals surface area contributed by atoms with Crippen LogP contribution >= 0.6 is 0 Å². The Morgan fingerprint density at radius 3 is 2.38 bits per heavy atom. The van der Waals surface area contributed by atoms with Gasteiger partial charge in [0.05, 0.1) is 6.04 Å². The van der Waals surface area contributed by atoms with Gasteiger partial charge in [0.15, 0.2) is 34.7 Å². The van der Waals surface area contributed by atoms with Crippen molar-refractivity contribution in [1.29, 1.82) is 0 Å². The Morgan fingerprint density at radius 1 is 0.971 bits per heavy atom. The maximum absolute atomic E-state index is 14.0. The van der Waals surface area contributed by atoms with Crippen LogP contribution < -0.4 is 29.6 Å². The minimum absolute atomic E-state index is 0.0661. The van der Waals surface area contributed by atoms with E-state index >= 15 is 0 Å². The molecule has 0 unspecified atom stereocenters. The number of hydrogen-bond donors (Lipinski definition) is 2. The summed E-state index contributed by atoms with van der Waals surface area (Å²) in [4.78, 5) is 12.8. The lowest BCUT2D eigenvalue weighted by molar-refractivity contribution is -0.173. The summed E-state index contributed by atoms with van der Waals surface area (Å²) in [7, 11) is 0. The van der Waals surface area contributed by atoms with Crippen LogP contribution in [0.4, 0.5) is 24.7 Å². The number of aromatic nitrogens is 2. The molecular formula is C22H17F3N4O5. The topological polar surface area (TPSA) is 95.9 Å². The Morgan fingerprint density at radius 2 is 1.65 bits per heavy atom. The highest BCUT2D eigenvalue weighted by atomic mass is 19.4. The number of anilines is 2. The van der Waals surface area contributed by atoms with Gasteiger partial charge in [-0.25, -0.2) is 4.68 Å². The van der Waals surface area contributed by atoms with Gasteiger partial charge in [-0.1, -0.05) is 6.07 Å². The highest BCUT2D eigenvalue weighted by Crippen LogP contribution is 2.45. The fraction of sp³-hybridized carbons (Fsp3) is 0.273. The second-order valence-corrected chi connectivity index (χ2v) is 7.98. The molecular weight excluding hydrogens is 457 g/mol. The molecule has 34 heavy (non-hydrogen) atoms. The number of nitrogens with zero attached hydrogens (tertiary/aromatic N) is 2. The number of rotatable bonds is 3. The van der Waals surface area contributed by atoms with Crippen molar-refractivity contribution in [2.75, 3.05) is 24.2 Å². The summed E-state index contributed by atoms with van der Waals surface area (Å²) >= 11 is 0. The number of ether oxygens (including phenoxy) is 4. The number of fused-ring (bicyclic) bond motifs is 3. The third-order valence-electron chi connectivity index (χ3n) is 5.85. The van der Waals surface area contributed by atoms with E-state index in [-0.39, 0.29) is 31.5 Å². The van der Waals surface area contributed by atoms with Crippen molar-refractivity contribution in [3.63, 3.8) is 0 Å². The summed E-state index contributed by atoms with van der Waals surface area (Å²) in [6, 6.07) is 8.55. The average Bonchev–Trinajstić information content (AvgIpc) is 3.55. The first-order valence-electron chi connectivity index (χ1n) is 10.4. The number of nitrogens with one attached hydrogen (secondary N) is 2.